The van der Waals surface area contributed by atoms with Crippen LogP contribution in [0, 0.1) is 5.41 Å². The van der Waals surface area contributed by atoms with Crippen molar-refractivity contribution in [1.82, 2.24) is 25.3 Å². The number of hydrogen-bond donors (Lipinski definition) is 2. The van der Waals surface area contributed by atoms with Crippen molar-refractivity contribution >= 4 is 11.9 Å². The van der Waals surface area contributed by atoms with E-state index in [0.717, 1.165) is 83.9 Å². The summed E-state index contributed by atoms with van der Waals surface area (Å²) in [7, 11) is 5.52. The number of piperazine rings is 1. The van der Waals surface area contributed by atoms with E-state index in [-0.39, 0.29) is 11.3 Å². The predicted octanol–water partition coefficient (Wildman–Crippen LogP) is 2.01. The molecule has 3 rings (SSSR count). The summed E-state index contributed by atoms with van der Waals surface area (Å²) in [6.07, 6.45) is 5.27. The fourth-order valence-corrected chi connectivity index (χ4v) is 4.99. The Morgan fingerprint density at radius 2 is 1.69 bits per heavy atom. The van der Waals surface area contributed by atoms with E-state index in [0.29, 0.717) is 6.54 Å². The van der Waals surface area contributed by atoms with Gasteiger partial charge in [-0.15, -0.1) is 0 Å². The van der Waals surface area contributed by atoms with Crippen LogP contribution in [0.2, 0.25) is 0 Å². The van der Waals surface area contributed by atoms with Crippen molar-refractivity contribution in [3.63, 3.8) is 0 Å². The van der Waals surface area contributed by atoms with Crippen molar-refractivity contribution in [3.8, 4) is 0 Å². The first-order chi connectivity index (χ1) is 15.5. The minimum Gasteiger partial charge on any atom is -0.356 e. The van der Waals surface area contributed by atoms with Crippen LogP contribution in [0.4, 0.5) is 0 Å². The standard InChI is InChI=1S/C25H42N6O/c1-26-24(28-21-25(12-7-8-13-25)23(32)29(2)3)27-14-9-15-30-16-18-31(19-17-30)20-22-10-5-4-6-11-22/h4-6,10-11H,7-9,12-21H2,1-3H3,(H2,26,27,28). The van der Waals surface area contributed by atoms with Gasteiger partial charge in [-0.2, -0.15) is 0 Å². The fourth-order valence-electron chi connectivity index (χ4n) is 4.99. The number of benzene rings is 1. The molecule has 7 heteroatoms. The third-order valence-electron chi connectivity index (χ3n) is 6.90. The first-order valence-corrected chi connectivity index (χ1v) is 12.2. The van der Waals surface area contributed by atoms with Crippen molar-refractivity contribution in [2.75, 3.05) is 67.0 Å². The highest BCUT2D eigenvalue weighted by molar-refractivity contribution is 5.85. The number of carbonyl (C=O) groups excluding carboxylic acids is 1. The lowest BCUT2D eigenvalue weighted by atomic mass is 9.84. The number of hydrogen-bond acceptors (Lipinski definition) is 4. The summed E-state index contributed by atoms with van der Waals surface area (Å²) >= 11 is 0. The minimum absolute atomic E-state index is 0.240. The van der Waals surface area contributed by atoms with Crippen LogP contribution in [0.3, 0.4) is 0 Å². The normalized spacial score (nSPS) is 19.7. The molecule has 1 saturated heterocycles. The lowest BCUT2D eigenvalue weighted by Gasteiger charge is -2.34. The summed E-state index contributed by atoms with van der Waals surface area (Å²) in [5.41, 5.74) is 1.12. The van der Waals surface area contributed by atoms with Crippen LogP contribution in [-0.2, 0) is 11.3 Å². The quantitative estimate of drug-likeness (QED) is 0.348. The maximum Gasteiger partial charge on any atom is 0.230 e. The fraction of sp³-hybridized carbons (Fsp3) is 0.680. The third kappa shape index (κ3) is 6.94. The lowest BCUT2D eigenvalue weighted by Crippen LogP contribution is -2.49. The van der Waals surface area contributed by atoms with Gasteiger partial charge >= 0.3 is 0 Å². The van der Waals surface area contributed by atoms with Gasteiger partial charge in [0.2, 0.25) is 5.91 Å². The molecule has 1 aliphatic heterocycles. The number of carbonyl (C=O) groups is 1. The molecule has 7 nitrogen and oxygen atoms in total. The Hall–Kier alpha value is -2.12. The topological polar surface area (TPSA) is 63.2 Å². The molecule has 1 saturated carbocycles. The van der Waals surface area contributed by atoms with E-state index in [9.17, 15) is 4.79 Å². The highest BCUT2D eigenvalue weighted by Crippen LogP contribution is 2.38. The highest BCUT2D eigenvalue weighted by Gasteiger charge is 2.42. The van der Waals surface area contributed by atoms with Gasteiger partial charge in [0, 0.05) is 67.0 Å². The molecule has 178 valence electrons. The van der Waals surface area contributed by atoms with Gasteiger partial charge in [0.25, 0.3) is 0 Å². The Labute approximate surface area is 194 Å². The summed E-state index contributed by atoms with van der Waals surface area (Å²) < 4.78 is 0. The molecule has 1 aromatic rings. The van der Waals surface area contributed by atoms with Crippen LogP contribution in [0.15, 0.2) is 35.3 Å². The molecule has 0 spiro atoms. The molecule has 2 fully saturated rings. The first-order valence-electron chi connectivity index (χ1n) is 12.2. The second-order valence-corrected chi connectivity index (χ2v) is 9.50. The van der Waals surface area contributed by atoms with Crippen LogP contribution < -0.4 is 10.6 Å². The van der Waals surface area contributed by atoms with E-state index >= 15 is 0 Å². The molecule has 1 heterocycles. The van der Waals surface area contributed by atoms with Gasteiger partial charge in [0.1, 0.15) is 0 Å². The molecule has 32 heavy (non-hydrogen) atoms. The Morgan fingerprint density at radius 1 is 1.03 bits per heavy atom. The van der Waals surface area contributed by atoms with Gasteiger partial charge in [-0.25, -0.2) is 0 Å². The summed E-state index contributed by atoms with van der Waals surface area (Å²) in [6.45, 7) is 8.23. The van der Waals surface area contributed by atoms with Crippen LogP contribution >= 0.6 is 0 Å². The van der Waals surface area contributed by atoms with Gasteiger partial charge in [0.15, 0.2) is 5.96 Å². The summed E-state index contributed by atoms with van der Waals surface area (Å²) in [4.78, 5) is 24.0. The molecule has 2 aliphatic rings. The zero-order chi connectivity index (χ0) is 22.8. The molecule has 1 aromatic carbocycles. The Kier molecular flexibility index (Phi) is 9.36. The maximum atomic E-state index is 12.7. The third-order valence-corrected chi connectivity index (χ3v) is 6.90. The number of nitrogens with zero attached hydrogens (tertiary/aromatic N) is 4. The van der Waals surface area contributed by atoms with Crippen LogP contribution in [-0.4, -0.2) is 93.5 Å². The summed E-state index contributed by atoms with van der Waals surface area (Å²) in [5, 5.41) is 6.86. The first kappa shape index (κ1) is 24.5. The van der Waals surface area contributed by atoms with Gasteiger partial charge in [-0.3, -0.25) is 14.7 Å². The van der Waals surface area contributed by atoms with Crippen molar-refractivity contribution < 1.29 is 4.79 Å². The van der Waals surface area contributed by atoms with Crippen molar-refractivity contribution in [1.29, 1.82) is 0 Å². The van der Waals surface area contributed by atoms with Gasteiger partial charge < -0.3 is 20.4 Å². The number of rotatable bonds is 9. The average Bonchev–Trinajstić information content (AvgIpc) is 3.30. The Bertz CT molecular complexity index is 721. The molecular weight excluding hydrogens is 400 g/mol. The molecule has 0 unspecified atom stereocenters. The zero-order valence-electron chi connectivity index (χ0n) is 20.3. The molecule has 0 radical (unpaired) electrons. The Morgan fingerprint density at radius 3 is 2.31 bits per heavy atom. The molecule has 2 N–H and O–H groups in total. The molecule has 0 aromatic heterocycles. The smallest absolute Gasteiger partial charge is 0.230 e. The van der Waals surface area contributed by atoms with E-state index in [1.54, 1.807) is 11.9 Å². The largest absolute Gasteiger partial charge is 0.356 e. The highest BCUT2D eigenvalue weighted by atomic mass is 16.2. The second-order valence-electron chi connectivity index (χ2n) is 9.50. The van der Waals surface area contributed by atoms with Gasteiger partial charge in [0.05, 0.1) is 5.41 Å². The lowest BCUT2D eigenvalue weighted by molar-refractivity contribution is -0.138. The molecular formula is C25H42N6O. The number of amides is 1. The number of nitrogens with one attached hydrogen (secondary N) is 2. The van der Waals surface area contributed by atoms with Crippen molar-refractivity contribution in [2.45, 2.75) is 38.6 Å². The SMILES string of the molecule is CN=C(NCCCN1CCN(Cc2ccccc2)CC1)NCC1(C(=O)N(C)C)CCCC1. The van der Waals surface area contributed by atoms with Crippen LogP contribution in [0.25, 0.3) is 0 Å². The Balaban J connectivity index is 1.32. The second kappa shape index (κ2) is 12.2. The van der Waals surface area contributed by atoms with Crippen LogP contribution in [0.1, 0.15) is 37.7 Å². The van der Waals surface area contributed by atoms with Crippen molar-refractivity contribution in [2.24, 2.45) is 10.4 Å². The van der Waals surface area contributed by atoms with Gasteiger partial charge in [-0.1, -0.05) is 43.2 Å². The number of guanidine groups is 1. The summed E-state index contributed by atoms with van der Waals surface area (Å²) in [5.74, 6) is 1.04. The van der Waals surface area contributed by atoms with Gasteiger partial charge in [-0.05, 0) is 31.4 Å². The zero-order valence-corrected chi connectivity index (χ0v) is 20.3. The maximum absolute atomic E-state index is 12.7. The summed E-state index contributed by atoms with van der Waals surface area (Å²) in [6, 6.07) is 10.7. The molecule has 1 aliphatic carbocycles. The molecule has 0 atom stereocenters. The monoisotopic (exact) mass is 442 g/mol. The van der Waals surface area contributed by atoms with E-state index in [1.807, 2.05) is 14.1 Å². The average molecular weight is 443 g/mol. The molecule has 1 amide bonds. The van der Waals surface area contributed by atoms with Crippen LogP contribution in [0.5, 0.6) is 0 Å². The minimum atomic E-state index is -0.277. The van der Waals surface area contributed by atoms with Crippen molar-refractivity contribution in [3.05, 3.63) is 35.9 Å². The molecule has 0 bridgehead atoms. The van der Waals surface area contributed by atoms with E-state index in [1.165, 1.54) is 5.56 Å². The van der Waals surface area contributed by atoms with E-state index < -0.39 is 0 Å². The predicted molar refractivity (Wildman–Crippen MR) is 132 cm³/mol. The number of aliphatic imine (C=N–C) groups is 1. The van der Waals surface area contributed by atoms with E-state index in [4.69, 9.17) is 0 Å². The van der Waals surface area contributed by atoms with E-state index in [2.05, 4.69) is 55.8 Å².